The summed E-state index contributed by atoms with van der Waals surface area (Å²) in [5.74, 6) is -0.115. The van der Waals surface area contributed by atoms with Crippen LogP contribution in [0.2, 0.25) is 0 Å². The fraction of sp³-hybridized carbons (Fsp3) is 0.533. The Kier molecular flexibility index (Phi) is 2.33. The Morgan fingerprint density at radius 3 is 2.40 bits per heavy atom. The van der Waals surface area contributed by atoms with Crippen LogP contribution in [0.4, 0.5) is 0 Å². The van der Waals surface area contributed by atoms with Crippen molar-refractivity contribution >= 4 is 5.78 Å². The third-order valence-electron chi connectivity index (χ3n) is 5.30. The highest BCUT2D eigenvalue weighted by atomic mass is 16.6. The lowest BCUT2D eigenvalue weighted by Crippen LogP contribution is -2.60. The molecule has 3 heterocycles. The second kappa shape index (κ2) is 3.88. The zero-order valence-corrected chi connectivity index (χ0v) is 11.1. The quantitative estimate of drug-likeness (QED) is 0.604. The highest BCUT2D eigenvalue weighted by Crippen LogP contribution is 2.62. The van der Waals surface area contributed by atoms with Crippen molar-refractivity contribution in [2.75, 3.05) is 13.1 Å². The van der Waals surface area contributed by atoms with Gasteiger partial charge in [-0.3, -0.25) is 19.8 Å². The van der Waals surface area contributed by atoms with Crippen LogP contribution in [0.15, 0.2) is 30.3 Å². The molecule has 1 saturated carbocycles. The molecule has 1 aliphatic carbocycles. The molecule has 3 saturated heterocycles. The summed E-state index contributed by atoms with van der Waals surface area (Å²) in [4.78, 5) is 26.0. The summed E-state index contributed by atoms with van der Waals surface area (Å²) < 4.78 is 0. The lowest BCUT2D eigenvalue weighted by molar-refractivity contribution is -0.502. The number of carbonyl (C=O) groups excluding carboxylic acids is 1. The number of ketones is 1. The first-order chi connectivity index (χ1) is 9.67. The van der Waals surface area contributed by atoms with E-state index in [2.05, 4.69) is 4.90 Å². The number of benzene rings is 1. The Labute approximate surface area is 116 Å². The molecular weight excluding hydrogens is 256 g/mol. The van der Waals surface area contributed by atoms with Gasteiger partial charge in [-0.15, -0.1) is 0 Å². The Morgan fingerprint density at radius 2 is 1.85 bits per heavy atom. The standard InChI is InChI=1S/C15H16N2O3/c18-14-11-6-8-16(9-7-11)15(14)12(13(15)17(19)20)10-4-2-1-3-5-10/h1-5,11-13H,6-9H2/t12?,13?,15-/m0/s1. The van der Waals surface area contributed by atoms with E-state index in [0.29, 0.717) is 0 Å². The van der Waals surface area contributed by atoms with Crippen LogP contribution in [-0.4, -0.2) is 40.3 Å². The lowest BCUT2D eigenvalue weighted by Gasteiger charge is -2.44. The minimum atomic E-state index is -0.841. The third kappa shape index (κ3) is 1.28. The predicted octanol–water partition coefficient (Wildman–Crippen LogP) is 1.46. The number of fused-ring (bicyclic) bond motifs is 2. The molecule has 104 valence electrons. The van der Waals surface area contributed by atoms with Gasteiger partial charge in [0.15, 0.2) is 11.3 Å². The van der Waals surface area contributed by atoms with Crippen LogP contribution in [0.25, 0.3) is 0 Å². The molecule has 2 bridgehead atoms. The molecule has 4 fully saturated rings. The van der Waals surface area contributed by atoms with Crippen LogP contribution in [-0.2, 0) is 4.79 Å². The summed E-state index contributed by atoms with van der Waals surface area (Å²) in [7, 11) is 0. The molecular formula is C15H16N2O3. The number of Topliss-reactive ketones (excluding diaryl/α,β-unsaturated/α-hetero) is 1. The molecule has 4 aliphatic rings. The molecule has 0 aromatic heterocycles. The first-order valence-electron chi connectivity index (χ1n) is 7.15. The fourth-order valence-electron chi connectivity index (χ4n) is 4.41. The van der Waals surface area contributed by atoms with Gasteiger partial charge < -0.3 is 0 Å². The van der Waals surface area contributed by atoms with Gasteiger partial charge in [-0.05, 0) is 18.4 Å². The molecule has 5 rings (SSSR count). The topological polar surface area (TPSA) is 63.5 Å². The van der Waals surface area contributed by atoms with E-state index < -0.39 is 11.6 Å². The SMILES string of the molecule is O=C1C2CCN(CC2)[C@]12C(c1ccccc1)C2[N+](=O)[O-]. The second-order valence-corrected chi connectivity index (χ2v) is 6.07. The average molecular weight is 272 g/mol. The molecule has 20 heavy (non-hydrogen) atoms. The Balaban J connectivity index is 1.80. The molecule has 0 amide bonds. The Morgan fingerprint density at radius 1 is 1.20 bits per heavy atom. The molecule has 3 aliphatic heterocycles. The van der Waals surface area contributed by atoms with Gasteiger partial charge in [0.05, 0.1) is 5.92 Å². The van der Waals surface area contributed by atoms with Crippen LogP contribution < -0.4 is 0 Å². The van der Waals surface area contributed by atoms with Crippen molar-refractivity contribution in [3.05, 3.63) is 46.0 Å². The summed E-state index contributed by atoms with van der Waals surface area (Å²) in [6.07, 6.45) is 1.74. The van der Waals surface area contributed by atoms with E-state index in [0.717, 1.165) is 31.5 Å². The first-order valence-corrected chi connectivity index (χ1v) is 7.15. The lowest BCUT2D eigenvalue weighted by atomic mass is 9.78. The highest BCUT2D eigenvalue weighted by Gasteiger charge is 2.83. The minimum absolute atomic E-state index is 0.0381. The summed E-state index contributed by atoms with van der Waals surface area (Å²) in [5, 5.41) is 11.5. The summed E-state index contributed by atoms with van der Waals surface area (Å²) >= 11 is 0. The van der Waals surface area contributed by atoms with Crippen molar-refractivity contribution in [1.82, 2.24) is 4.90 Å². The fourth-order valence-corrected chi connectivity index (χ4v) is 4.41. The molecule has 1 spiro atoms. The molecule has 0 radical (unpaired) electrons. The normalized spacial score (nSPS) is 41.9. The highest BCUT2D eigenvalue weighted by molar-refractivity contribution is 5.98. The average Bonchev–Trinajstić information content (AvgIpc) is 3.16. The van der Waals surface area contributed by atoms with E-state index in [1.54, 1.807) is 0 Å². The summed E-state index contributed by atoms with van der Waals surface area (Å²) in [6, 6.07) is 8.73. The van der Waals surface area contributed by atoms with Crippen molar-refractivity contribution in [3.8, 4) is 0 Å². The van der Waals surface area contributed by atoms with E-state index in [1.165, 1.54) is 0 Å². The Bertz CT molecular complexity index is 580. The number of nitro groups is 1. The summed E-state index contributed by atoms with van der Waals surface area (Å²) in [5.41, 5.74) is 0.0848. The second-order valence-electron chi connectivity index (χ2n) is 6.07. The molecule has 3 atom stereocenters. The van der Waals surface area contributed by atoms with E-state index in [4.69, 9.17) is 0 Å². The number of hydrogen-bond donors (Lipinski definition) is 0. The maximum atomic E-state index is 12.7. The molecule has 0 N–H and O–H groups in total. The van der Waals surface area contributed by atoms with Gasteiger partial charge in [-0.25, -0.2) is 0 Å². The number of nitrogens with zero attached hydrogens (tertiary/aromatic N) is 2. The van der Waals surface area contributed by atoms with Crippen molar-refractivity contribution < 1.29 is 9.72 Å². The maximum absolute atomic E-state index is 12.7. The molecule has 5 nitrogen and oxygen atoms in total. The van der Waals surface area contributed by atoms with E-state index >= 15 is 0 Å². The van der Waals surface area contributed by atoms with Gasteiger partial charge >= 0.3 is 0 Å². The van der Waals surface area contributed by atoms with Crippen molar-refractivity contribution in [2.24, 2.45) is 5.92 Å². The number of carbonyl (C=O) groups is 1. The van der Waals surface area contributed by atoms with Crippen LogP contribution in [0.1, 0.15) is 24.3 Å². The van der Waals surface area contributed by atoms with Crippen molar-refractivity contribution in [1.29, 1.82) is 0 Å². The van der Waals surface area contributed by atoms with E-state index in [-0.39, 0.29) is 22.5 Å². The number of hydrogen-bond acceptors (Lipinski definition) is 4. The molecule has 5 heteroatoms. The van der Waals surface area contributed by atoms with Gasteiger partial charge in [-0.1, -0.05) is 30.3 Å². The van der Waals surface area contributed by atoms with E-state index in [9.17, 15) is 14.9 Å². The van der Waals surface area contributed by atoms with Crippen molar-refractivity contribution in [2.45, 2.75) is 30.3 Å². The van der Waals surface area contributed by atoms with Gasteiger partial charge in [-0.2, -0.15) is 0 Å². The van der Waals surface area contributed by atoms with Gasteiger partial charge in [0.1, 0.15) is 0 Å². The van der Waals surface area contributed by atoms with Crippen LogP contribution in [0, 0.1) is 16.0 Å². The van der Waals surface area contributed by atoms with Gasteiger partial charge in [0.2, 0.25) is 6.04 Å². The molecule has 1 aromatic rings. The third-order valence-corrected chi connectivity index (χ3v) is 5.30. The van der Waals surface area contributed by atoms with Crippen LogP contribution in [0.3, 0.4) is 0 Å². The molecule has 1 aromatic carbocycles. The largest absolute Gasteiger partial charge is 0.297 e. The van der Waals surface area contributed by atoms with Crippen molar-refractivity contribution in [3.63, 3.8) is 0 Å². The van der Waals surface area contributed by atoms with E-state index in [1.807, 2.05) is 30.3 Å². The number of rotatable bonds is 2. The van der Waals surface area contributed by atoms with Crippen LogP contribution in [0.5, 0.6) is 0 Å². The number of piperidine rings is 3. The zero-order chi connectivity index (χ0) is 13.9. The summed E-state index contributed by atoms with van der Waals surface area (Å²) in [6.45, 7) is 1.65. The smallest absolute Gasteiger partial charge is 0.248 e. The first kappa shape index (κ1) is 12.0. The zero-order valence-electron chi connectivity index (χ0n) is 11.1. The molecule has 2 unspecified atom stereocenters. The maximum Gasteiger partial charge on any atom is 0.248 e. The monoisotopic (exact) mass is 272 g/mol. The van der Waals surface area contributed by atoms with Crippen LogP contribution >= 0.6 is 0 Å². The predicted molar refractivity (Wildman–Crippen MR) is 72.0 cm³/mol. The minimum Gasteiger partial charge on any atom is -0.297 e. The van der Waals surface area contributed by atoms with Gasteiger partial charge in [0, 0.05) is 23.9 Å². The Hall–Kier alpha value is -1.75. The van der Waals surface area contributed by atoms with Gasteiger partial charge in [0.25, 0.3) is 0 Å².